The number of alkyl halides is 1. The van der Waals surface area contributed by atoms with Gasteiger partial charge in [0.25, 0.3) is 0 Å². The maximum atomic E-state index is 3.38. The quantitative estimate of drug-likeness (QED) is 0.491. The minimum atomic E-state index is 0.980. The number of hydrogen-bond donors (Lipinski definition) is 0. The predicted octanol–water partition coefficient (Wildman–Crippen LogP) is 4.07. The first-order chi connectivity index (χ1) is 5.16. The van der Waals surface area contributed by atoms with Gasteiger partial charge in [0, 0.05) is 5.33 Å². The second-order valence-electron chi connectivity index (χ2n) is 3.02. The molecule has 0 rings (SSSR count). The molecule has 0 aromatic rings. The monoisotopic (exact) mass is 216 g/mol. The first kappa shape index (κ1) is 11.0. The van der Waals surface area contributed by atoms with Crippen LogP contribution in [0.3, 0.4) is 0 Å². The van der Waals surface area contributed by atoms with Crippen molar-refractivity contribution in [3.63, 3.8) is 0 Å². The van der Waals surface area contributed by atoms with E-state index < -0.39 is 0 Å². The Labute approximate surface area is 78.5 Å². The average molecular weight is 217 g/mol. The summed E-state index contributed by atoms with van der Waals surface area (Å²) in [6, 6.07) is 0. The van der Waals surface area contributed by atoms with Gasteiger partial charge in [0.2, 0.25) is 0 Å². The van der Waals surface area contributed by atoms with Gasteiger partial charge in [-0.15, -0.1) is 0 Å². The second-order valence-corrected chi connectivity index (χ2v) is 3.67. The van der Waals surface area contributed by atoms with E-state index in [9.17, 15) is 0 Å². The molecule has 0 heterocycles. The van der Waals surface area contributed by atoms with Gasteiger partial charge in [0.15, 0.2) is 0 Å². The van der Waals surface area contributed by atoms with Gasteiger partial charge in [0.1, 0.15) is 0 Å². The largest absolute Gasteiger partial charge is 0.0883 e. The van der Waals surface area contributed by atoms with Crippen molar-refractivity contribution in [3.8, 4) is 0 Å². The fourth-order valence-corrected chi connectivity index (χ4v) is 1.37. The molecule has 0 aliphatic heterocycles. The van der Waals surface area contributed by atoms with E-state index >= 15 is 0 Å². The van der Waals surface area contributed by atoms with Crippen LogP contribution in [0.1, 0.15) is 33.6 Å². The standard InChI is InChI=1S/C10H17Br/c1-9(2)5-4-6-10(3)7-8-11/h5,7H,4,6,8H2,1-3H3/b10-7-. The summed E-state index contributed by atoms with van der Waals surface area (Å²) in [7, 11) is 0. The lowest BCUT2D eigenvalue weighted by Gasteiger charge is -1.96. The highest BCUT2D eigenvalue weighted by Gasteiger charge is 1.86. The van der Waals surface area contributed by atoms with E-state index in [1.807, 2.05) is 0 Å². The summed E-state index contributed by atoms with van der Waals surface area (Å²) < 4.78 is 0. The predicted molar refractivity (Wildman–Crippen MR) is 56.2 cm³/mol. The van der Waals surface area contributed by atoms with Crippen LogP contribution in [-0.4, -0.2) is 5.33 Å². The normalized spacial score (nSPS) is 11.5. The second kappa shape index (κ2) is 6.66. The topological polar surface area (TPSA) is 0 Å². The molecule has 0 saturated heterocycles. The molecule has 0 spiro atoms. The van der Waals surface area contributed by atoms with Crippen molar-refractivity contribution >= 4 is 15.9 Å². The zero-order chi connectivity index (χ0) is 8.69. The Morgan fingerprint density at radius 2 is 1.82 bits per heavy atom. The van der Waals surface area contributed by atoms with E-state index in [1.54, 1.807) is 0 Å². The molecule has 64 valence electrons. The molecule has 11 heavy (non-hydrogen) atoms. The smallest absolute Gasteiger partial charge is 0.0214 e. The van der Waals surface area contributed by atoms with Gasteiger partial charge in [0.05, 0.1) is 0 Å². The fourth-order valence-electron chi connectivity index (χ4n) is 0.822. The molecule has 0 saturated carbocycles. The van der Waals surface area contributed by atoms with E-state index in [0.29, 0.717) is 0 Å². The highest BCUT2D eigenvalue weighted by Crippen LogP contribution is 2.06. The van der Waals surface area contributed by atoms with Crippen molar-refractivity contribution in [2.24, 2.45) is 0 Å². The molecule has 0 aromatic heterocycles. The third-order valence-corrected chi connectivity index (χ3v) is 1.84. The van der Waals surface area contributed by atoms with Gasteiger partial charge in [-0.25, -0.2) is 0 Å². The van der Waals surface area contributed by atoms with Gasteiger partial charge in [-0.05, 0) is 33.6 Å². The van der Waals surface area contributed by atoms with E-state index in [2.05, 4.69) is 48.9 Å². The summed E-state index contributed by atoms with van der Waals surface area (Å²) in [6.07, 6.45) is 6.87. The molecule has 0 aromatic carbocycles. The first-order valence-electron chi connectivity index (χ1n) is 4.01. The first-order valence-corrected chi connectivity index (χ1v) is 5.14. The van der Waals surface area contributed by atoms with Crippen LogP contribution in [0.5, 0.6) is 0 Å². The van der Waals surface area contributed by atoms with Crippen LogP contribution in [0, 0.1) is 0 Å². The number of rotatable bonds is 4. The molecule has 0 bridgehead atoms. The molecule has 1 heteroatoms. The minimum Gasteiger partial charge on any atom is -0.0883 e. The van der Waals surface area contributed by atoms with Crippen LogP contribution in [-0.2, 0) is 0 Å². The van der Waals surface area contributed by atoms with Crippen LogP contribution in [0.4, 0.5) is 0 Å². The molecular weight excluding hydrogens is 200 g/mol. The maximum Gasteiger partial charge on any atom is 0.0214 e. The van der Waals surface area contributed by atoms with E-state index in [1.165, 1.54) is 24.0 Å². The molecule has 0 unspecified atom stereocenters. The minimum absolute atomic E-state index is 0.980. The third kappa shape index (κ3) is 7.86. The van der Waals surface area contributed by atoms with Crippen LogP contribution in [0.15, 0.2) is 23.3 Å². The Morgan fingerprint density at radius 1 is 1.18 bits per heavy atom. The van der Waals surface area contributed by atoms with Crippen molar-refractivity contribution < 1.29 is 0 Å². The zero-order valence-electron chi connectivity index (χ0n) is 7.65. The van der Waals surface area contributed by atoms with Crippen LogP contribution in [0.25, 0.3) is 0 Å². The van der Waals surface area contributed by atoms with Gasteiger partial charge in [-0.1, -0.05) is 39.2 Å². The summed E-state index contributed by atoms with van der Waals surface area (Å²) >= 11 is 3.38. The molecule has 0 nitrogen and oxygen atoms in total. The van der Waals surface area contributed by atoms with Crippen molar-refractivity contribution in [2.75, 3.05) is 5.33 Å². The van der Waals surface area contributed by atoms with Crippen LogP contribution < -0.4 is 0 Å². The summed E-state index contributed by atoms with van der Waals surface area (Å²) in [5, 5.41) is 0.980. The van der Waals surface area contributed by atoms with E-state index in [4.69, 9.17) is 0 Å². The Kier molecular flexibility index (Phi) is 6.63. The molecule has 0 N–H and O–H groups in total. The average Bonchev–Trinajstić information content (AvgIpc) is 1.87. The highest BCUT2D eigenvalue weighted by molar-refractivity contribution is 9.09. The summed E-state index contributed by atoms with van der Waals surface area (Å²) in [6.45, 7) is 6.47. The molecule has 0 fully saturated rings. The molecule has 0 aliphatic rings. The fraction of sp³-hybridized carbons (Fsp3) is 0.600. The van der Waals surface area contributed by atoms with Gasteiger partial charge in [-0.2, -0.15) is 0 Å². The Bertz CT molecular complexity index is 150. The lowest BCUT2D eigenvalue weighted by molar-refractivity contribution is 0.964. The Balaban J connectivity index is 3.54. The Morgan fingerprint density at radius 3 is 2.27 bits per heavy atom. The van der Waals surface area contributed by atoms with Gasteiger partial charge >= 0.3 is 0 Å². The summed E-state index contributed by atoms with van der Waals surface area (Å²) in [4.78, 5) is 0. The van der Waals surface area contributed by atoms with E-state index in [0.717, 1.165) is 5.33 Å². The van der Waals surface area contributed by atoms with E-state index in [-0.39, 0.29) is 0 Å². The van der Waals surface area contributed by atoms with Crippen molar-refractivity contribution in [1.29, 1.82) is 0 Å². The number of hydrogen-bond acceptors (Lipinski definition) is 0. The SMILES string of the molecule is CC(C)=CCC/C(C)=C\CBr. The van der Waals surface area contributed by atoms with Gasteiger partial charge < -0.3 is 0 Å². The molecule has 0 amide bonds. The Hall–Kier alpha value is -0.0400. The number of allylic oxidation sites excluding steroid dienone is 4. The summed E-state index contributed by atoms with van der Waals surface area (Å²) in [5.74, 6) is 0. The molecule has 0 aliphatic carbocycles. The van der Waals surface area contributed by atoms with Crippen molar-refractivity contribution in [3.05, 3.63) is 23.3 Å². The maximum absolute atomic E-state index is 3.38. The summed E-state index contributed by atoms with van der Waals surface area (Å²) in [5.41, 5.74) is 2.89. The zero-order valence-corrected chi connectivity index (χ0v) is 9.24. The molecule has 0 radical (unpaired) electrons. The highest BCUT2D eigenvalue weighted by atomic mass is 79.9. The molecule has 0 atom stereocenters. The number of halogens is 1. The lowest BCUT2D eigenvalue weighted by atomic mass is 10.1. The van der Waals surface area contributed by atoms with Gasteiger partial charge in [-0.3, -0.25) is 0 Å². The van der Waals surface area contributed by atoms with Crippen molar-refractivity contribution in [2.45, 2.75) is 33.6 Å². The lowest BCUT2D eigenvalue weighted by Crippen LogP contribution is -1.77. The van der Waals surface area contributed by atoms with Crippen LogP contribution in [0.2, 0.25) is 0 Å². The van der Waals surface area contributed by atoms with Crippen molar-refractivity contribution in [1.82, 2.24) is 0 Å². The molecular formula is C10H17Br. The third-order valence-electron chi connectivity index (χ3n) is 1.52. The van der Waals surface area contributed by atoms with Crippen LogP contribution >= 0.6 is 15.9 Å².